The van der Waals surface area contributed by atoms with Crippen LogP contribution in [0.5, 0.6) is 0 Å². The number of rotatable bonds is 4. The van der Waals surface area contributed by atoms with Crippen LogP contribution in [0.15, 0.2) is 12.1 Å². The number of aliphatic carboxylic acids is 1. The van der Waals surface area contributed by atoms with Crippen molar-refractivity contribution in [3.63, 3.8) is 0 Å². The average Bonchev–Trinajstić information content (AvgIpc) is 2.32. The van der Waals surface area contributed by atoms with Crippen molar-refractivity contribution in [1.82, 2.24) is 4.90 Å². The summed E-state index contributed by atoms with van der Waals surface area (Å²) in [6.45, 7) is 1.79. The van der Waals surface area contributed by atoms with Crippen molar-refractivity contribution in [3.8, 4) is 0 Å². The largest absolute Gasteiger partial charge is 0.481 e. The van der Waals surface area contributed by atoms with Gasteiger partial charge in [-0.25, -0.2) is 0 Å². The van der Waals surface area contributed by atoms with Crippen molar-refractivity contribution in [2.24, 2.45) is 5.92 Å². The monoisotopic (exact) mass is 599 g/mol. The number of carboxylic acids is 1. The van der Waals surface area contributed by atoms with Gasteiger partial charge in [-0.15, -0.1) is 0 Å². The van der Waals surface area contributed by atoms with Gasteiger partial charge in [0.25, 0.3) is 5.91 Å². The highest BCUT2D eigenvalue weighted by Crippen LogP contribution is 2.24. The van der Waals surface area contributed by atoms with Crippen molar-refractivity contribution in [1.29, 1.82) is 0 Å². The second kappa shape index (κ2) is 7.38. The Morgan fingerprint density at radius 1 is 1.32 bits per heavy atom. The molecule has 0 aromatic heterocycles. The van der Waals surface area contributed by atoms with Gasteiger partial charge in [0, 0.05) is 24.3 Å². The van der Waals surface area contributed by atoms with Gasteiger partial charge in [0.15, 0.2) is 0 Å². The Labute approximate surface area is 152 Å². The number of benzene rings is 1. The zero-order chi connectivity index (χ0) is 14.7. The number of carbonyl (C=O) groups is 2. The molecule has 7 heteroatoms. The van der Waals surface area contributed by atoms with Gasteiger partial charge in [-0.2, -0.15) is 0 Å². The van der Waals surface area contributed by atoms with E-state index < -0.39 is 11.9 Å². The fourth-order valence-electron chi connectivity index (χ4n) is 1.49. The van der Waals surface area contributed by atoms with E-state index in [4.69, 9.17) is 5.11 Å². The lowest BCUT2D eigenvalue weighted by Crippen LogP contribution is -2.34. The van der Waals surface area contributed by atoms with Crippen molar-refractivity contribution in [2.75, 3.05) is 13.6 Å². The topological polar surface area (TPSA) is 57.6 Å². The molecule has 104 valence electrons. The van der Waals surface area contributed by atoms with E-state index in [1.807, 2.05) is 12.1 Å². The zero-order valence-electron chi connectivity index (χ0n) is 10.3. The Balaban J connectivity index is 2.97. The van der Waals surface area contributed by atoms with Crippen LogP contribution in [0.4, 0.5) is 0 Å². The molecule has 0 saturated carbocycles. The average molecular weight is 599 g/mol. The van der Waals surface area contributed by atoms with Crippen LogP contribution in [0.25, 0.3) is 0 Å². The highest BCUT2D eigenvalue weighted by Gasteiger charge is 2.21. The quantitative estimate of drug-likeness (QED) is 0.428. The summed E-state index contributed by atoms with van der Waals surface area (Å²) in [6, 6.07) is 3.83. The first kappa shape index (κ1) is 17.4. The van der Waals surface area contributed by atoms with Crippen LogP contribution in [-0.2, 0) is 4.79 Å². The molecule has 0 radical (unpaired) electrons. The van der Waals surface area contributed by atoms with Crippen LogP contribution in [-0.4, -0.2) is 35.5 Å². The molecule has 0 fully saturated rings. The predicted octanol–water partition coefficient (Wildman–Crippen LogP) is 3.29. The van der Waals surface area contributed by atoms with E-state index in [1.54, 1.807) is 14.0 Å². The standard InChI is InChI=1S/C12H12I3NO3/c1-6(12(18)19)5-16(2)11(17)8-3-7(13)4-9(14)10(8)15/h3-4,6H,5H2,1-2H3,(H,18,19). The van der Waals surface area contributed by atoms with E-state index in [-0.39, 0.29) is 12.5 Å². The molecule has 1 aromatic rings. The van der Waals surface area contributed by atoms with Gasteiger partial charge in [-0.1, -0.05) is 6.92 Å². The summed E-state index contributed by atoms with van der Waals surface area (Å²) in [6.07, 6.45) is 0. The van der Waals surface area contributed by atoms with Crippen LogP contribution in [0, 0.1) is 16.6 Å². The molecule has 19 heavy (non-hydrogen) atoms. The van der Waals surface area contributed by atoms with Crippen molar-refractivity contribution < 1.29 is 14.7 Å². The predicted molar refractivity (Wildman–Crippen MR) is 98.4 cm³/mol. The van der Waals surface area contributed by atoms with E-state index in [9.17, 15) is 9.59 Å². The minimum atomic E-state index is -0.897. The molecular formula is C12H12I3NO3. The SMILES string of the molecule is CC(CN(C)C(=O)c1cc(I)cc(I)c1I)C(=O)O. The third-order valence-corrected chi connectivity index (χ3v) is 6.21. The Morgan fingerprint density at radius 2 is 1.89 bits per heavy atom. The molecule has 1 unspecified atom stereocenters. The van der Waals surface area contributed by atoms with E-state index in [0.29, 0.717) is 5.56 Å². The Hall–Kier alpha value is 0.350. The van der Waals surface area contributed by atoms with E-state index >= 15 is 0 Å². The summed E-state index contributed by atoms with van der Waals surface area (Å²) in [5.74, 6) is -1.62. The number of hydrogen-bond acceptors (Lipinski definition) is 2. The molecule has 1 N–H and O–H groups in total. The second-order valence-electron chi connectivity index (χ2n) is 4.17. The lowest BCUT2D eigenvalue weighted by Gasteiger charge is -2.20. The third kappa shape index (κ3) is 4.69. The lowest BCUT2D eigenvalue weighted by molar-refractivity contribution is -0.141. The maximum Gasteiger partial charge on any atom is 0.308 e. The van der Waals surface area contributed by atoms with E-state index in [2.05, 4.69) is 67.8 Å². The summed E-state index contributed by atoms with van der Waals surface area (Å²) in [5, 5.41) is 8.88. The number of halogens is 3. The van der Waals surface area contributed by atoms with Crippen molar-refractivity contribution in [3.05, 3.63) is 28.4 Å². The zero-order valence-corrected chi connectivity index (χ0v) is 16.8. The molecule has 0 saturated heterocycles. The third-order valence-electron chi connectivity index (χ3n) is 2.54. The highest BCUT2D eigenvalue weighted by atomic mass is 127. The van der Waals surface area contributed by atoms with Crippen LogP contribution >= 0.6 is 67.8 Å². The fourth-order valence-corrected chi connectivity index (χ4v) is 3.88. The molecule has 0 aliphatic rings. The number of amides is 1. The number of carboxylic acid groups (broad SMARTS) is 1. The molecule has 1 atom stereocenters. The Bertz CT molecular complexity index is 519. The summed E-state index contributed by atoms with van der Waals surface area (Å²) >= 11 is 6.50. The molecular weight excluding hydrogens is 587 g/mol. The smallest absolute Gasteiger partial charge is 0.308 e. The van der Waals surface area contributed by atoms with Crippen LogP contribution in [0.1, 0.15) is 17.3 Å². The van der Waals surface area contributed by atoms with Crippen LogP contribution in [0.3, 0.4) is 0 Å². The summed E-state index contributed by atoms with van der Waals surface area (Å²) in [4.78, 5) is 24.6. The molecule has 1 aromatic carbocycles. The van der Waals surface area contributed by atoms with Gasteiger partial charge in [-0.05, 0) is 79.9 Å². The van der Waals surface area contributed by atoms with Gasteiger partial charge in [0.2, 0.25) is 0 Å². The van der Waals surface area contributed by atoms with Gasteiger partial charge in [-0.3, -0.25) is 9.59 Å². The molecule has 0 aliphatic carbocycles. The lowest BCUT2D eigenvalue weighted by atomic mass is 10.1. The minimum Gasteiger partial charge on any atom is -0.481 e. The number of nitrogens with zero attached hydrogens (tertiary/aromatic N) is 1. The molecule has 1 rings (SSSR count). The first-order chi connectivity index (χ1) is 8.73. The van der Waals surface area contributed by atoms with Gasteiger partial charge in [0.1, 0.15) is 0 Å². The molecule has 0 aliphatic heterocycles. The van der Waals surface area contributed by atoms with E-state index in [1.165, 1.54) is 4.90 Å². The van der Waals surface area contributed by atoms with Gasteiger partial charge in [0.05, 0.1) is 11.5 Å². The molecule has 1 amide bonds. The molecule has 0 bridgehead atoms. The van der Waals surface area contributed by atoms with Crippen molar-refractivity contribution in [2.45, 2.75) is 6.92 Å². The first-order valence-corrected chi connectivity index (χ1v) is 8.60. The molecule has 0 spiro atoms. The van der Waals surface area contributed by atoms with Gasteiger partial charge >= 0.3 is 5.97 Å². The summed E-state index contributed by atoms with van der Waals surface area (Å²) in [5.41, 5.74) is 0.622. The summed E-state index contributed by atoms with van der Waals surface area (Å²) < 4.78 is 2.91. The number of hydrogen-bond donors (Lipinski definition) is 1. The number of carbonyl (C=O) groups excluding carboxylic acids is 1. The second-order valence-corrected chi connectivity index (χ2v) is 7.66. The molecule has 0 heterocycles. The highest BCUT2D eigenvalue weighted by molar-refractivity contribution is 14.1. The summed E-state index contributed by atoms with van der Waals surface area (Å²) in [7, 11) is 1.63. The normalized spacial score (nSPS) is 12.1. The maximum atomic E-state index is 12.3. The Morgan fingerprint density at radius 3 is 2.42 bits per heavy atom. The van der Waals surface area contributed by atoms with Gasteiger partial charge < -0.3 is 10.0 Å². The van der Waals surface area contributed by atoms with E-state index in [0.717, 1.165) is 10.7 Å². The minimum absolute atomic E-state index is 0.145. The Kier molecular flexibility index (Phi) is 6.76. The van der Waals surface area contributed by atoms with Crippen LogP contribution in [0.2, 0.25) is 0 Å². The first-order valence-electron chi connectivity index (χ1n) is 5.36. The molecule has 4 nitrogen and oxygen atoms in total. The maximum absolute atomic E-state index is 12.3. The van der Waals surface area contributed by atoms with Crippen LogP contribution < -0.4 is 0 Å². The van der Waals surface area contributed by atoms with Crippen molar-refractivity contribution >= 4 is 79.6 Å². The fraction of sp³-hybridized carbons (Fsp3) is 0.333.